The monoisotopic (exact) mass is 518 g/mol. The molecule has 3 aromatic carbocycles. The van der Waals surface area contributed by atoms with Gasteiger partial charge in [-0.05, 0) is 61.0 Å². The summed E-state index contributed by atoms with van der Waals surface area (Å²) in [6.07, 6.45) is -0.288. The maximum atomic E-state index is 14.6. The molecule has 0 spiro atoms. The van der Waals surface area contributed by atoms with Gasteiger partial charge in [-0.2, -0.15) is 0 Å². The number of esters is 1. The SMILES string of the molecule is CCOC(=O)c1ccc(N2C(=O)CC(N(Cc3ccc4c(c3)OCO4)C(=O)c3ccccc3F)C2=O)cc1. The molecule has 38 heavy (non-hydrogen) atoms. The number of amides is 3. The van der Waals surface area contributed by atoms with E-state index in [0.29, 0.717) is 17.1 Å². The second kappa shape index (κ2) is 10.3. The van der Waals surface area contributed by atoms with Crippen LogP contribution in [-0.4, -0.2) is 48.0 Å². The molecule has 0 radical (unpaired) electrons. The Hall–Kier alpha value is -4.73. The molecule has 0 aromatic heterocycles. The van der Waals surface area contributed by atoms with Crippen molar-refractivity contribution >= 4 is 29.4 Å². The fourth-order valence-corrected chi connectivity index (χ4v) is 4.44. The first-order valence-electron chi connectivity index (χ1n) is 12.0. The molecule has 1 unspecified atom stereocenters. The van der Waals surface area contributed by atoms with E-state index in [-0.39, 0.29) is 43.2 Å². The standard InChI is InChI=1S/C28H23FN2O7/c1-2-36-28(35)18-8-10-19(11-9-18)31-25(32)14-22(27(31)34)30(26(33)20-5-3-4-6-21(20)29)15-17-7-12-23-24(13-17)38-16-37-23/h3-13,22H,2,14-16H2,1H3. The van der Waals surface area contributed by atoms with Crippen LogP contribution in [-0.2, 0) is 20.9 Å². The molecule has 0 saturated carbocycles. The van der Waals surface area contributed by atoms with E-state index >= 15 is 0 Å². The Morgan fingerprint density at radius 2 is 1.76 bits per heavy atom. The molecule has 10 heteroatoms. The Balaban J connectivity index is 1.46. The number of anilines is 1. The van der Waals surface area contributed by atoms with Crippen molar-refractivity contribution in [3.8, 4) is 11.5 Å². The van der Waals surface area contributed by atoms with E-state index in [1.165, 1.54) is 47.4 Å². The van der Waals surface area contributed by atoms with Gasteiger partial charge in [0.2, 0.25) is 12.7 Å². The maximum Gasteiger partial charge on any atom is 0.338 e. The number of ether oxygens (including phenoxy) is 3. The van der Waals surface area contributed by atoms with Crippen molar-refractivity contribution in [1.82, 2.24) is 4.90 Å². The van der Waals surface area contributed by atoms with Crippen LogP contribution < -0.4 is 14.4 Å². The molecule has 1 atom stereocenters. The third-order valence-electron chi connectivity index (χ3n) is 6.29. The summed E-state index contributed by atoms with van der Waals surface area (Å²) in [5, 5.41) is 0. The molecule has 1 saturated heterocycles. The van der Waals surface area contributed by atoms with Crippen molar-refractivity contribution in [2.75, 3.05) is 18.3 Å². The summed E-state index contributed by atoms with van der Waals surface area (Å²) in [7, 11) is 0. The zero-order chi connectivity index (χ0) is 26.8. The van der Waals surface area contributed by atoms with Gasteiger partial charge in [0.15, 0.2) is 11.5 Å². The molecular weight excluding hydrogens is 495 g/mol. The highest BCUT2D eigenvalue weighted by molar-refractivity contribution is 6.23. The largest absolute Gasteiger partial charge is 0.462 e. The smallest absolute Gasteiger partial charge is 0.338 e. The third-order valence-corrected chi connectivity index (χ3v) is 6.29. The molecule has 194 valence electrons. The summed E-state index contributed by atoms with van der Waals surface area (Å²) in [5.41, 5.74) is 0.907. The summed E-state index contributed by atoms with van der Waals surface area (Å²) in [5.74, 6) is -2.13. The van der Waals surface area contributed by atoms with Crippen molar-refractivity contribution in [2.45, 2.75) is 25.9 Å². The first-order valence-corrected chi connectivity index (χ1v) is 12.0. The number of fused-ring (bicyclic) bond motifs is 1. The number of halogens is 1. The van der Waals surface area contributed by atoms with Crippen LogP contribution in [0.2, 0.25) is 0 Å². The molecule has 5 rings (SSSR count). The maximum absolute atomic E-state index is 14.6. The number of carbonyl (C=O) groups excluding carboxylic acids is 4. The number of carbonyl (C=O) groups is 4. The van der Waals surface area contributed by atoms with Gasteiger partial charge < -0.3 is 19.1 Å². The Morgan fingerprint density at radius 1 is 1.03 bits per heavy atom. The average molecular weight is 518 g/mol. The van der Waals surface area contributed by atoms with Gasteiger partial charge in [0.1, 0.15) is 11.9 Å². The van der Waals surface area contributed by atoms with Gasteiger partial charge in [-0.15, -0.1) is 0 Å². The van der Waals surface area contributed by atoms with E-state index < -0.39 is 35.5 Å². The molecule has 1 fully saturated rings. The minimum absolute atomic E-state index is 0.0657. The number of nitrogens with zero attached hydrogens (tertiary/aromatic N) is 2. The lowest BCUT2D eigenvalue weighted by Gasteiger charge is -2.28. The van der Waals surface area contributed by atoms with Gasteiger partial charge in [0, 0.05) is 6.54 Å². The summed E-state index contributed by atoms with van der Waals surface area (Å²) in [4.78, 5) is 54.3. The molecule has 3 aromatic rings. The normalized spacial score (nSPS) is 16.1. The highest BCUT2D eigenvalue weighted by atomic mass is 19.1. The number of benzene rings is 3. The molecular formula is C28H23FN2O7. The Labute approximate surface area is 217 Å². The number of hydrogen-bond acceptors (Lipinski definition) is 7. The Kier molecular flexibility index (Phi) is 6.78. The fourth-order valence-electron chi connectivity index (χ4n) is 4.44. The minimum Gasteiger partial charge on any atom is -0.462 e. The average Bonchev–Trinajstić information content (AvgIpc) is 3.50. The zero-order valence-electron chi connectivity index (χ0n) is 20.4. The van der Waals surface area contributed by atoms with Crippen LogP contribution in [0.3, 0.4) is 0 Å². The van der Waals surface area contributed by atoms with E-state index in [2.05, 4.69) is 0 Å². The van der Waals surface area contributed by atoms with Crippen molar-refractivity contribution in [2.24, 2.45) is 0 Å². The van der Waals surface area contributed by atoms with E-state index in [4.69, 9.17) is 14.2 Å². The molecule has 0 bridgehead atoms. The molecule has 2 aliphatic rings. The van der Waals surface area contributed by atoms with Crippen molar-refractivity contribution in [3.63, 3.8) is 0 Å². The van der Waals surface area contributed by atoms with E-state index in [1.807, 2.05) is 0 Å². The van der Waals surface area contributed by atoms with Gasteiger partial charge >= 0.3 is 5.97 Å². The lowest BCUT2D eigenvalue weighted by molar-refractivity contribution is -0.122. The van der Waals surface area contributed by atoms with Crippen LogP contribution in [0.1, 0.15) is 39.6 Å². The van der Waals surface area contributed by atoms with E-state index in [0.717, 1.165) is 11.0 Å². The first kappa shape index (κ1) is 24.9. The highest BCUT2D eigenvalue weighted by Gasteiger charge is 2.45. The number of hydrogen-bond donors (Lipinski definition) is 0. The van der Waals surface area contributed by atoms with Crippen LogP contribution >= 0.6 is 0 Å². The number of imide groups is 1. The lowest BCUT2D eigenvalue weighted by Crippen LogP contribution is -2.45. The van der Waals surface area contributed by atoms with Crippen molar-refractivity contribution in [1.29, 1.82) is 0 Å². The molecule has 2 aliphatic heterocycles. The van der Waals surface area contributed by atoms with Gasteiger partial charge in [0.25, 0.3) is 11.8 Å². The van der Waals surface area contributed by atoms with Gasteiger partial charge in [-0.1, -0.05) is 18.2 Å². The molecule has 3 amide bonds. The summed E-state index contributed by atoms with van der Waals surface area (Å²) < 4.78 is 30.3. The summed E-state index contributed by atoms with van der Waals surface area (Å²) in [6.45, 7) is 1.88. The Morgan fingerprint density at radius 3 is 2.50 bits per heavy atom. The minimum atomic E-state index is -1.18. The first-order chi connectivity index (χ1) is 18.4. The molecule has 2 heterocycles. The third kappa shape index (κ3) is 4.68. The van der Waals surface area contributed by atoms with E-state index in [9.17, 15) is 23.6 Å². The zero-order valence-corrected chi connectivity index (χ0v) is 20.4. The Bertz CT molecular complexity index is 1420. The second-order valence-corrected chi connectivity index (χ2v) is 8.66. The topological polar surface area (TPSA) is 102 Å². The van der Waals surface area contributed by atoms with Crippen LogP contribution in [0.15, 0.2) is 66.7 Å². The van der Waals surface area contributed by atoms with Crippen LogP contribution in [0.5, 0.6) is 11.5 Å². The highest BCUT2D eigenvalue weighted by Crippen LogP contribution is 2.34. The number of rotatable bonds is 7. The van der Waals surface area contributed by atoms with E-state index in [1.54, 1.807) is 25.1 Å². The second-order valence-electron chi connectivity index (χ2n) is 8.66. The molecule has 0 N–H and O–H groups in total. The summed E-state index contributed by atoms with van der Waals surface area (Å²) >= 11 is 0. The van der Waals surface area contributed by atoms with Crippen LogP contribution in [0.4, 0.5) is 10.1 Å². The van der Waals surface area contributed by atoms with Gasteiger partial charge in [-0.25, -0.2) is 14.1 Å². The predicted octanol–water partition coefficient (Wildman–Crippen LogP) is 3.71. The van der Waals surface area contributed by atoms with Gasteiger partial charge in [-0.3, -0.25) is 14.4 Å². The van der Waals surface area contributed by atoms with Crippen LogP contribution in [0, 0.1) is 5.82 Å². The van der Waals surface area contributed by atoms with Crippen molar-refractivity contribution in [3.05, 3.63) is 89.2 Å². The summed E-state index contributed by atoms with van der Waals surface area (Å²) in [6, 6.07) is 15.2. The fraction of sp³-hybridized carbons (Fsp3) is 0.214. The lowest BCUT2D eigenvalue weighted by atomic mass is 10.1. The van der Waals surface area contributed by atoms with Gasteiger partial charge in [0.05, 0.1) is 29.8 Å². The quantitative estimate of drug-likeness (QED) is 0.347. The molecule has 0 aliphatic carbocycles. The molecule has 9 nitrogen and oxygen atoms in total. The van der Waals surface area contributed by atoms with Crippen LogP contribution in [0.25, 0.3) is 0 Å². The predicted molar refractivity (Wildman–Crippen MR) is 132 cm³/mol. The van der Waals surface area contributed by atoms with Crippen molar-refractivity contribution < 1.29 is 37.8 Å².